The standard InChI is InChI=1S/C12H18O2.2C2H6/c1-5-9-10(6-2)11(7-3)14-12(13)8-4;2*1-2/h5-6,8-9,11H,4,7H2,1-3H3;2*1-2H3/b9-5-,10-6+;;. The maximum Gasteiger partial charge on any atom is 0.330 e. The number of allylic oxidation sites excluding steroid dienone is 2. The van der Waals surface area contributed by atoms with Crippen molar-refractivity contribution < 1.29 is 9.53 Å². The van der Waals surface area contributed by atoms with E-state index in [9.17, 15) is 4.79 Å². The summed E-state index contributed by atoms with van der Waals surface area (Å²) in [7, 11) is 0. The lowest BCUT2D eigenvalue weighted by Gasteiger charge is -2.16. The number of carbonyl (C=O) groups is 1. The minimum absolute atomic E-state index is 0.165. The van der Waals surface area contributed by atoms with E-state index in [4.69, 9.17) is 4.74 Å². The lowest BCUT2D eigenvalue weighted by Crippen LogP contribution is -2.17. The molecule has 2 heteroatoms. The molecule has 106 valence electrons. The number of hydrogen-bond donors (Lipinski definition) is 0. The Bertz CT molecular complexity index is 250. The van der Waals surface area contributed by atoms with Gasteiger partial charge in [-0.1, -0.05) is 59.4 Å². The molecule has 0 rings (SSSR count). The third-order valence-corrected chi connectivity index (χ3v) is 1.86. The highest BCUT2D eigenvalue weighted by Gasteiger charge is 2.12. The predicted octanol–water partition coefficient (Wildman–Crippen LogP) is 5.07. The summed E-state index contributed by atoms with van der Waals surface area (Å²) < 4.78 is 5.18. The first-order chi connectivity index (χ1) is 8.69. The van der Waals surface area contributed by atoms with Crippen LogP contribution in [-0.4, -0.2) is 12.1 Å². The summed E-state index contributed by atoms with van der Waals surface area (Å²) in [6.45, 7) is 17.2. The van der Waals surface area contributed by atoms with Crippen LogP contribution in [0.25, 0.3) is 0 Å². The summed E-state index contributed by atoms with van der Waals surface area (Å²) in [5.74, 6) is -0.374. The van der Waals surface area contributed by atoms with Crippen molar-refractivity contribution in [3.05, 3.63) is 36.5 Å². The molecule has 0 spiro atoms. The van der Waals surface area contributed by atoms with Crippen LogP contribution in [0.2, 0.25) is 0 Å². The normalized spacial score (nSPS) is 11.6. The molecule has 0 aromatic carbocycles. The van der Waals surface area contributed by atoms with Crippen LogP contribution in [0.15, 0.2) is 36.5 Å². The van der Waals surface area contributed by atoms with E-state index < -0.39 is 0 Å². The number of hydrogen-bond acceptors (Lipinski definition) is 2. The highest BCUT2D eigenvalue weighted by Crippen LogP contribution is 2.12. The van der Waals surface area contributed by atoms with Crippen LogP contribution in [0.1, 0.15) is 54.9 Å². The van der Waals surface area contributed by atoms with Gasteiger partial charge in [0.05, 0.1) is 0 Å². The molecular weight excluding hydrogens is 224 g/mol. The van der Waals surface area contributed by atoms with Gasteiger partial charge in [0.25, 0.3) is 0 Å². The van der Waals surface area contributed by atoms with Crippen LogP contribution in [0.4, 0.5) is 0 Å². The maximum atomic E-state index is 11.0. The van der Waals surface area contributed by atoms with E-state index in [2.05, 4.69) is 6.58 Å². The largest absolute Gasteiger partial charge is 0.454 e. The zero-order valence-electron chi connectivity index (χ0n) is 13.1. The molecular formula is C16H30O2. The smallest absolute Gasteiger partial charge is 0.330 e. The van der Waals surface area contributed by atoms with Gasteiger partial charge in [0.15, 0.2) is 0 Å². The molecule has 0 aliphatic rings. The van der Waals surface area contributed by atoms with Gasteiger partial charge in [-0.3, -0.25) is 0 Å². The second kappa shape index (κ2) is 18.1. The highest BCUT2D eigenvalue weighted by molar-refractivity contribution is 5.81. The molecule has 0 amide bonds. The first kappa shape index (κ1) is 21.9. The van der Waals surface area contributed by atoms with Crippen molar-refractivity contribution >= 4 is 5.97 Å². The predicted molar refractivity (Wildman–Crippen MR) is 81.6 cm³/mol. The Morgan fingerprint density at radius 1 is 1.22 bits per heavy atom. The van der Waals surface area contributed by atoms with Gasteiger partial charge in [-0.2, -0.15) is 0 Å². The van der Waals surface area contributed by atoms with Crippen molar-refractivity contribution in [1.82, 2.24) is 0 Å². The van der Waals surface area contributed by atoms with Crippen molar-refractivity contribution in [3.8, 4) is 0 Å². The molecule has 0 aromatic rings. The Kier molecular flexibility index (Phi) is 22.0. The van der Waals surface area contributed by atoms with Crippen LogP contribution < -0.4 is 0 Å². The molecule has 0 aromatic heterocycles. The van der Waals surface area contributed by atoms with E-state index in [-0.39, 0.29) is 12.1 Å². The van der Waals surface area contributed by atoms with Crippen molar-refractivity contribution in [2.24, 2.45) is 0 Å². The summed E-state index contributed by atoms with van der Waals surface area (Å²) >= 11 is 0. The summed E-state index contributed by atoms with van der Waals surface area (Å²) in [6.07, 6.45) is 7.62. The summed E-state index contributed by atoms with van der Waals surface area (Å²) in [5.41, 5.74) is 1.02. The van der Waals surface area contributed by atoms with E-state index in [1.807, 2.05) is 66.7 Å². The van der Waals surface area contributed by atoms with Gasteiger partial charge in [0.1, 0.15) is 6.10 Å². The monoisotopic (exact) mass is 254 g/mol. The SMILES string of the molecule is C=CC(=O)OC(CC)C(/C=C\C)=C/C.CC.CC. The molecule has 0 fully saturated rings. The molecule has 1 unspecified atom stereocenters. The average Bonchev–Trinajstić information content (AvgIpc) is 2.46. The molecule has 0 aliphatic heterocycles. The molecule has 2 nitrogen and oxygen atoms in total. The maximum absolute atomic E-state index is 11.0. The van der Waals surface area contributed by atoms with Gasteiger partial charge >= 0.3 is 5.97 Å². The molecule has 1 atom stereocenters. The van der Waals surface area contributed by atoms with Gasteiger partial charge in [-0.25, -0.2) is 4.79 Å². The first-order valence-corrected chi connectivity index (χ1v) is 6.81. The summed E-state index contributed by atoms with van der Waals surface area (Å²) in [6, 6.07) is 0. The second-order valence-electron chi connectivity index (χ2n) is 2.83. The van der Waals surface area contributed by atoms with Gasteiger partial charge in [-0.15, -0.1) is 0 Å². The zero-order chi connectivity index (χ0) is 15.0. The van der Waals surface area contributed by atoms with Gasteiger partial charge < -0.3 is 4.74 Å². The minimum atomic E-state index is -0.374. The average molecular weight is 254 g/mol. The molecule has 0 radical (unpaired) electrons. The molecule has 0 heterocycles. The van der Waals surface area contributed by atoms with E-state index >= 15 is 0 Å². The van der Waals surface area contributed by atoms with Crippen LogP contribution in [-0.2, 0) is 9.53 Å². The third-order valence-electron chi connectivity index (χ3n) is 1.86. The number of carbonyl (C=O) groups excluding carboxylic acids is 1. The van der Waals surface area contributed by atoms with Crippen LogP contribution in [0.5, 0.6) is 0 Å². The van der Waals surface area contributed by atoms with Crippen LogP contribution >= 0.6 is 0 Å². The van der Waals surface area contributed by atoms with Crippen molar-refractivity contribution in [1.29, 1.82) is 0 Å². The fourth-order valence-corrected chi connectivity index (χ4v) is 1.16. The third kappa shape index (κ3) is 11.2. The minimum Gasteiger partial charge on any atom is -0.454 e. The Hall–Kier alpha value is -1.31. The lowest BCUT2D eigenvalue weighted by molar-refractivity contribution is -0.141. The molecule has 0 N–H and O–H groups in total. The van der Waals surface area contributed by atoms with Crippen molar-refractivity contribution in [2.45, 2.75) is 61.0 Å². The van der Waals surface area contributed by atoms with E-state index in [1.54, 1.807) is 0 Å². The van der Waals surface area contributed by atoms with E-state index in [0.29, 0.717) is 0 Å². The molecule has 18 heavy (non-hydrogen) atoms. The quantitative estimate of drug-likeness (QED) is 0.389. The van der Waals surface area contributed by atoms with Crippen LogP contribution in [0, 0.1) is 0 Å². The molecule has 0 bridgehead atoms. The number of esters is 1. The van der Waals surface area contributed by atoms with E-state index in [1.165, 1.54) is 6.08 Å². The van der Waals surface area contributed by atoms with Crippen LogP contribution in [0.3, 0.4) is 0 Å². The summed E-state index contributed by atoms with van der Waals surface area (Å²) in [5, 5.41) is 0. The zero-order valence-corrected chi connectivity index (χ0v) is 13.1. The fraction of sp³-hybridized carbons (Fsp3) is 0.562. The van der Waals surface area contributed by atoms with Crippen molar-refractivity contribution in [2.75, 3.05) is 0 Å². The van der Waals surface area contributed by atoms with E-state index in [0.717, 1.165) is 12.0 Å². The molecule has 0 saturated carbocycles. The Labute approximate surface area is 113 Å². The molecule has 0 aliphatic carbocycles. The van der Waals surface area contributed by atoms with Gasteiger partial charge in [-0.05, 0) is 25.8 Å². The molecule has 0 saturated heterocycles. The topological polar surface area (TPSA) is 26.3 Å². The fourth-order valence-electron chi connectivity index (χ4n) is 1.16. The Morgan fingerprint density at radius 2 is 1.72 bits per heavy atom. The van der Waals surface area contributed by atoms with Gasteiger partial charge in [0, 0.05) is 6.08 Å². The van der Waals surface area contributed by atoms with Gasteiger partial charge in [0.2, 0.25) is 0 Å². The summed E-state index contributed by atoms with van der Waals surface area (Å²) in [4.78, 5) is 11.0. The van der Waals surface area contributed by atoms with Crippen molar-refractivity contribution in [3.63, 3.8) is 0 Å². The lowest BCUT2D eigenvalue weighted by atomic mass is 10.1. The number of rotatable bonds is 5. The highest BCUT2D eigenvalue weighted by atomic mass is 16.5. The Morgan fingerprint density at radius 3 is 2.00 bits per heavy atom. The second-order valence-corrected chi connectivity index (χ2v) is 2.83. The Balaban J connectivity index is -0.000000506. The first-order valence-electron chi connectivity index (χ1n) is 6.81. The number of ether oxygens (including phenoxy) is 1.